The fraction of sp³-hybridized carbons (Fsp3) is 0.429. The molecule has 0 radical (unpaired) electrons. The van der Waals surface area contributed by atoms with Gasteiger partial charge in [0.15, 0.2) is 0 Å². The zero-order valence-corrected chi connectivity index (χ0v) is 16.8. The Bertz CT molecular complexity index is 1100. The average Bonchev–Trinajstić information content (AvgIpc) is 3.08. The first-order chi connectivity index (χ1) is 13.7. The van der Waals surface area contributed by atoms with Gasteiger partial charge in [-0.1, -0.05) is 0 Å². The summed E-state index contributed by atoms with van der Waals surface area (Å²) in [4.78, 5) is 26.2. The van der Waals surface area contributed by atoms with Crippen molar-refractivity contribution in [3.05, 3.63) is 46.8 Å². The smallest absolute Gasteiger partial charge is 0.264 e. The van der Waals surface area contributed by atoms with Gasteiger partial charge in [-0.05, 0) is 51.3 Å². The molecule has 1 saturated carbocycles. The molecule has 152 valence electrons. The number of aryl methyl sites for hydroxylation is 1. The second kappa shape index (κ2) is 7.20. The minimum atomic E-state index is -1.03. The third-order valence-electron chi connectivity index (χ3n) is 5.39. The van der Waals surface area contributed by atoms with Crippen molar-refractivity contribution >= 4 is 16.7 Å². The zero-order chi connectivity index (χ0) is 20.8. The maximum absolute atomic E-state index is 12.7. The molecule has 1 aliphatic carbocycles. The van der Waals surface area contributed by atoms with Crippen LogP contribution < -0.4 is 10.9 Å². The van der Waals surface area contributed by atoms with Gasteiger partial charge in [0, 0.05) is 18.8 Å². The van der Waals surface area contributed by atoms with Crippen LogP contribution in [-0.2, 0) is 12.6 Å². The molecule has 3 N–H and O–H groups in total. The van der Waals surface area contributed by atoms with Gasteiger partial charge in [0.05, 0.1) is 35.4 Å². The first-order valence-electron chi connectivity index (χ1n) is 9.74. The van der Waals surface area contributed by atoms with E-state index in [1.54, 1.807) is 39.2 Å². The van der Waals surface area contributed by atoms with Crippen molar-refractivity contribution in [1.29, 1.82) is 0 Å². The number of aliphatic hydroxyl groups is 2. The van der Waals surface area contributed by atoms with Gasteiger partial charge >= 0.3 is 0 Å². The highest BCUT2D eigenvalue weighted by Gasteiger charge is 2.27. The van der Waals surface area contributed by atoms with Crippen LogP contribution in [0.1, 0.15) is 38.8 Å². The van der Waals surface area contributed by atoms with E-state index < -0.39 is 11.7 Å². The lowest BCUT2D eigenvalue weighted by atomic mass is 10.0. The van der Waals surface area contributed by atoms with E-state index in [1.807, 2.05) is 6.07 Å². The molecule has 0 aromatic carbocycles. The van der Waals surface area contributed by atoms with Crippen LogP contribution in [0.4, 0.5) is 5.82 Å². The quantitative estimate of drug-likeness (QED) is 0.619. The molecule has 0 spiro atoms. The first kappa shape index (κ1) is 19.5. The third kappa shape index (κ3) is 3.73. The summed E-state index contributed by atoms with van der Waals surface area (Å²) in [7, 11) is 1.65. The van der Waals surface area contributed by atoms with Gasteiger partial charge in [0.25, 0.3) is 5.56 Å². The molecule has 0 amide bonds. The molecule has 2 atom stereocenters. The lowest BCUT2D eigenvalue weighted by Gasteiger charge is -2.19. The van der Waals surface area contributed by atoms with Crippen LogP contribution in [0.5, 0.6) is 0 Å². The van der Waals surface area contributed by atoms with Crippen LogP contribution in [-0.4, -0.2) is 41.9 Å². The molecule has 4 rings (SSSR count). The van der Waals surface area contributed by atoms with Crippen molar-refractivity contribution in [2.24, 2.45) is 7.05 Å². The van der Waals surface area contributed by atoms with Crippen LogP contribution >= 0.6 is 0 Å². The Balaban J connectivity index is 1.83. The number of hydrogen-bond acceptors (Lipinski definition) is 7. The molecule has 29 heavy (non-hydrogen) atoms. The Labute approximate surface area is 168 Å². The summed E-state index contributed by atoms with van der Waals surface area (Å²) in [6.07, 6.45) is 5.14. The predicted octanol–water partition coefficient (Wildman–Crippen LogP) is 1.94. The third-order valence-corrected chi connectivity index (χ3v) is 5.39. The Kier molecular flexibility index (Phi) is 4.84. The predicted molar refractivity (Wildman–Crippen MR) is 111 cm³/mol. The fourth-order valence-electron chi connectivity index (χ4n) is 3.67. The van der Waals surface area contributed by atoms with Gasteiger partial charge in [-0.25, -0.2) is 9.97 Å². The van der Waals surface area contributed by atoms with Crippen molar-refractivity contribution < 1.29 is 10.2 Å². The molecule has 0 bridgehead atoms. The van der Waals surface area contributed by atoms with Crippen LogP contribution in [0, 0.1) is 0 Å². The van der Waals surface area contributed by atoms with E-state index in [0.29, 0.717) is 28.1 Å². The maximum Gasteiger partial charge on any atom is 0.264 e. The minimum Gasteiger partial charge on any atom is -0.391 e. The van der Waals surface area contributed by atoms with Gasteiger partial charge in [-0.15, -0.1) is 0 Å². The molecule has 0 saturated heterocycles. The summed E-state index contributed by atoms with van der Waals surface area (Å²) >= 11 is 0. The number of anilines is 1. The molecule has 1 aliphatic rings. The van der Waals surface area contributed by atoms with E-state index >= 15 is 0 Å². The minimum absolute atomic E-state index is 0.151. The van der Waals surface area contributed by atoms with E-state index in [1.165, 1.54) is 10.9 Å². The molecule has 3 aromatic heterocycles. The van der Waals surface area contributed by atoms with Crippen LogP contribution in [0.15, 0.2) is 35.5 Å². The van der Waals surface area contributed by atoms with Gasteiger partial charge in [-0.3, -0.25) is 9.78 Å². The molecule has 3 heterocycles. The lowest BCUT2D eigenvalue weighted by Crippen LogP contribution is -2.29. The monoisotopic (exact) mass is 395 g/mol. The van der Waals surface area contributed by atoms with E-state index in [4.69, 9.17) is 0 Å². The van der Waals surface area contributed by atoms with E-state index in [0.717, 1.165) is 24.8 Å². The normalized spacial score (nSPS) is 19.6. The molecular formula is C21H25N5O3. The highest BCUT2D eigenvalue weighted by molar-refractivity contribution is 5.91. The Morgan fingerprint density at radius 1 is 1.24 bits per heavy atom. The maximum atomic E-state index is 12.7. The molecular weight excluding hydrogens is 370 g/mol. The Morgan fingerprint density at radius 2 is 2.03 bits per heavy atom. The molecule has 8 nitrogen and oxygen atoms in total. The van der Waals surface area contributed by atoms with Crippen LogP contribution in [0.3, 0.4) is 0 Å². The number of pyridine rings is 2. The van der Waals surface area contributed by atoms with Crippen molar-refractivity contribution in [2.45, 2.75) is 50.9 Å². The van der Waals surface area contributed by atoms with Crippen molar-refractivity contribution in [2.75, 3.05) is 5.32 Å². The topological polar surface area (TPSA) is 113 Å². The number of fused-ring (bicyclic) bond motifs is 1. The number of aromatic nitrogens is 4. The van der Waals surface area contributed by atoms with Crippen molar-refractivity contribution in [1.82, 2.24) is 19.5 Å². The van der Waals surface area contributed by atoms with Crippen molar-refractivity contribution in [3.8, 4) is 11.3 Å². The summed E-state index contributed by atoms with van der Waals surface area (Å²) in [6.45, 7) is 3.36. The average molecular weight is 395 g/mol. The molecule has 0 unspecified atom stereocenters. The lowest BCUT2D eigenvalue weighted by molar-refractivity contribution is 0.0739. The van der Waals surface area contributed by atoms with E-state index in [-0.39, 0.29) is 11.6 Å². The van der Waals surface area contributed by atoms with Gasteiger partial charge < -0.3 is 20.1 Å². The SMILES string of the molecule is Cn1cnc2cc(-c3ccc(C(C)(C)O)nc3)nc(N[C@@H]3CCC[C@@H]3O)c2c1=O. The Morgan fingerprint density at radius 3 is 2.66 bits per heavy atom. The summed E-state index contributed by atoms with van der Waals surface area (Å²) in [5.74, 6) is 0.420. The largest absolute Gasteiger partial charge is 0.391 e. The fourth-order valence-corrected chi connectivity index (χ4v) is 3.67. The zero-order valence-electron chi connectivity index (χ0n) is 16.8. The highest BCUT2D eigenvalue weighted by Crippen LogP contribution is 2.29. The highest BCUT2D eigenvalue weighted by atomic mass is 16.3. The van der Waals surface area contributed by atoms with Gasteiger partial charge in [-0.2, -0.15) is 0 Å². The molecule has 8 heteroatoms. The van der Waals surface area contributed by atoms with Crippen LogP contribution in [0.2, 0.25) is 0 Å². The number of nitrogens with one attached hydrogen (secondary N) is 1. The molecule has 0 aliphatic heterocycles. The van der Waals surface area contributed by atoms with E-state index in [9.17, 15) is 15.0 Å². The second-order valence-corrected chi connectivity index (χ2v) is 8.15. The number of rotatable bonds is 4. The van der Waals surface area contributed by atoms with Gasteiger partial charge in [0.1, 0.15) is 16.8 Å². The van der Waals surface area contributed by atoms with E-state index in [2.05, 4.69) is 20.3 Å². The Hall–Kier alpha value is -2.84. The van der Waals surface area contributed by atoms with Crippen molar-refractivity contribution in [3.63, 3.8) is 0 Å². The molecule has 1 fully saturated rings. The van der Waals surface area contributed by atoms with Crippen LogP contribution in [0.25, 0.3) is 22.2 Å². The standard InChI is InChI=1S/C21H25N5O3/c1-21(2,29)17-8-7-12(10-22-17)14-9-15-18(20(28)26(3)11-23-15)19(25-14)24-13-5-4-6-16(13)27/h7-11,13,16,27,29H,4-6H2,1-3H3,(H,24,25)/t13-,16+/m1/s1. The summed E-state index contributed by atoms with van der Waals surface area (Å²) in [6, 6.07) is 5.20. The second-order valence-electron chi connectivity index (χ2n) is 8.15. The number of aliphatic hydroxyl groups excluding tert-OH is 1. The summed E-state index contributed by atoms with van der Waals surface area (Å²) in [5, 5.41) is 24.0. The number of hydrogen-bond donors (Lipinski definition) is 3. The summed E-state index contributed by atoms with van der Waals surface area (Å²) in [5.41, 5.74) is 1.22. The molecule has 3 aromatic rings. The van der Waals surface area contributed by atoms with Gasteiger partial charge in [0.2, 0.25) is 0 Å². The summed E-state index contributed by atoms with van der Waals surface area (Å²) < 4.78 is 1.42. The first-order valence-corrected chi connectivity index (χ1v) is 9.74. The number of nitrogens with zero attached hydrogens (tertiary/aromatic N) is 4.